The first kappa shape index (κ1) is 30.4. The van der Waals surface area contributed by atoms with E-state index >= 15 is 0 Å². The lowest BCUT2D eigenvalue weighted by Crippen LogP contribution is -2.45. The number of aromatic amines is 1. The first-order valence-electron chi connectivity index (χ1n) is 16.1. The van der Waals surface area contributed by atoms with E-state index in [1.54, 1.807) is 6.20 Å². The van der Waals surface area contributed by atoms with Crippen LogP contribution in [-0.4, -0.2) is 54.4 Å². The van der Waals surface area contributed by atoms with Gasteiger partial charge in [-0.25, -0.2) is 0 Å². The first-order valence-corrected chi connectivity index (χ1v) is 16.1. The molecule has 0 radical (unpaired) electrons. The molecule has 1 fully saturated rings. The molecule has 1 aliphatic rings. The van der Waals surface area contributed by atoms with Crippen LogP contribution in [0.5, 0.6) is 0 Å². The molecule has 45 heavy (non-hydrogen) atoms. The smallest absolute Gasteiger partial charge is 0.253 e. The van der Waals surface area contributed by atoms with E-state index in [0.29, 0.717) is 18.0 Å². The second-order valence-corrected chi connectivity index (χ2v) is 12.2. The van der Waals surface area contributed by atoms with E-state index in [-0.39, 0.29) is 18.4 Å². The molecule has 0 unspecified atom stereocenters. The van der Waals surface area contributed by atoms with E-state index in [1.165, 1.54) is 29.5 Å². The van der Waals surface area contributed by atoms with E-state index in [1.807, 2.05) is 36.4 Å². The zero-order chi connectivity index (χ0) is 30.9. The zero-order valence-electron chi connectivity index (χ0n) is 25.8. The van der Waals surface area contributed by atoms with E-state index in [9.17, 15) is 9.59 Å². The molecule has 0 atom stereocenters. The van der Waals surface area contributed by atoms with Gasteiger partial charge in [-0.3, -0.25) is 9.59 Å². The van der Waals surface area contributed by atoms with Gasteiger partial charge in [-0.2, -0.15) is 0 Å². The predicted octanol–water partition coefficient (Wildman–Crippen LogP) is 6.66. The summed E-state index contributed by atoms with van der Waals surface area (Å²) in [5.41, 5.74) is 4.85. The van der Waals surface area contributed by atoms with Crippen molar-refractivity contribution >= 4 is 22.7 Å². The molecule has 0 aliphatic carbocycles. The highest BCUT2D eigenvalue weighted by Crippen LogP contribution is 2.37. The van der Waals surface area contributed by atoms with Gasteiger partial charge in [0.25, 0.3) is 5.91 Å². The van der Waals surface area contributed by atoms with Crippen LogP contribution in [0.2, 0.25) is 0 Å². The number of hydrogen-bond donors (Lipinski definition) is 3. The third kappa shape index (κ3) is 7.18. The molecule has 0 bridgehead atoms. The van der Waals surface area contributed by atoms with Crippen LogP contribution < -0.4 is 10.6 Å². The Balaban J connectivity index is 1.12. The average Bonchev–Trinajstić information content (AvgIpc) is 3.55. The van der Waals surface area contributed by atoms with Crippen molar-refractivity contribution in [2.45, 2.75) is 37.0 Å². The Hall–Kier alpha value is -4.68. The summed E-state index contributed by atoms with van der Waals surface area (Å²) in [5, 5.41) is 6.85. The van der Waals surface area contributed by atoms with Crippen LogP contribution in [0, 0.1) is 0 Å². The summed E-state index contributed by atoms with van der Waals surface area (Å²) in [6, 6.07) is 39.6. The molecule has 6 heteroatoms. The summed E-state index contributed by atoms with van der Waals surface area (Å²) in [4.78, 5) is 31.9. The maximum Gasteiger partial charge on any atom is 0.253 e. The molecule has 2 amide bonds. The minimum absolute atomic E-state index is 0.0889. The SMILES string of the molecule is O=C(CNC(=O)c1c[nH]c2ccccc12)NCC(CCCN1CCC(c2ccccc2)CC1)(c1ccccc1)c1ccccc1. The first-order chi connectivity index (χ1) is 22.1. The van der Waals surface area contributed by atoms with Gasteiger partial charge in [0.15, 0.2) is 0 Å². The van der Waals surface area contributed by atoms with Gasteiger partial charge in [0.05, 0.1) is 12.1 Å². The lowest BCUT2D eigenvalue weighted by Gasteiger charge is -2.37. The fourth-order valence-electron chi connectivity index (χ4n) is 6.91. The average molecular weight is 599 g/mol. The molecular weight excluding hydrogens is 556 g/mol. The number of amides is 2. The van der Waals surface area contributed by atoms with Crippen molar-refractivity contribution in [1.29, 1.82) is 0 Å². The van der Waals surface area contributed by atoms with Crippen molar-refractivity contribution in [2.24, 2.45) is 0 Å². The number of carbonyl (C=O) groups excluding carboxylic acids is 2. The fraction of sp³-hybridized carbons (Fsp3) is 0.282. The summed E-state index contributed by atoms with van der Waals surface area (Å²) >= 11 is 0. The van der Waals surface area contributed by atoms with Crippen LogP contribution in [0.3, 0.4) is 0 Å². The molecular formula is C39H42N4O2. The normalized spacial score (nSPS) is 14.3. The summed E-state index contributed by atoms with van der Waals surface area (Å²) in [7, 11) is 0. The van der Waals surface area contributed by atoms with Crippen molar-refractivity contribution in [1.82, 2.24) is 20.5 Å². The van der Waals surface area contributed by atoms with Crippen LogP contribution >= 0.6 is 0 Å². The Labute approximate surface area is 265 Å². The van der Waals surface area contributed by atoms with Crippen LogP contribution in [0.15, 0.2) is 121 Å². The second-order valence-electron chi connectivity index (χ2n) is 12.2. The molecule has 0 saturated carbocycles. The minimum atomic E-state index is -0.401. The van der Waals surface area contributed by atoms with Crippen LogP contribution in [-0.2, 0) is 10.2 Å². The minimum Gasteiger partial charge on any atom is -0.360 e. The lowest BCUT2D eigenvalue weighted by molar-refractivity contribution is -0.120. The molecule has 2 heterocycles. The van der Waals surface area contributed by atoms with Crippen molar-refractivity contribution in [3.8, 4) is 0 Å². The number of rotatable bonds is 12. The third-order valence-electron chi connectivity index (χ3n) is 9.42. The number of likely N-dealkylation sites (tertiary alicyclic amines) is 1. The topological polar surface area (TPSA) is 77.2 Å². The predicted molar refractivity (Wildman–Crippen MR) is 181 cm³/mol. The summed E-state index contributed by atoms with van der Waals surface area (Å²) < 4.78 is 0. The Morgan fingerprint density at radius 3 is 2.02 bits per heavy atom. The van der Waals surface area contributed by atoms with E-state index < -0.39 is 5.41 Å². The number of H-pyrrole nitrogens is 1. The molecule has 3 N–H and O–H groups in total. The Kier molecular flexibility index (Phi) is 9.71. The molecule has 1 aliphatic heterocycles. The second kappa shape index (κ2) is 14.4. The van der Waals surface area contributed by atoms with E-state index in [4.69, 9.17) is 0 Å². The summed E-state index contributed by atoms with van der Waals surface area (Å²) in [6.07, 6.45) is 5.96. The highest BCUT2D eigenvalue weighted by Gasteiger charge is 2.35. The van der Waals surface area contributed by atoms with Gasteiger partial charge in [-0.1, -0.05) is 109 Å². The van der Waals surface area contributed by atoms with Gasteiger partial charge < -0.3 is 20.5 Å². The standard InChI is InChI=1S/C39H42N4O2/c44-37(28-41-38(45)35-27-40-36-20-11-10-19-34(35)36)42-29-39(32-15-6-2-7-16-32,33-17-8-3-9-18-33)23-12-24-43-25-21-31(22-26-43)30-13-4-1-5-14-30/h1-11,13-20,27,31,40H,12,21-26,28-29H2,(H,41,45)(H,42,44). The van der Waals surface area contributed by atoms with Gasteiger partial charge in [-0.15, -0.1) is 0 Å². The summed E-state index contributed by atoms with van der Waals surface area (Å²) in [5.74, 6) is 0.167. The molecule has 1 aromatic heterocycles. The van der Waals surface area contributed by atoms with Crippen molar-refractivity contribution in [2.75, 3.05) is 32.7 Å². The molecule has 6 rings (SSSR count). The number of hydrogen-bond acceptors (Lipinski definition) is 3. The van der Waals surface area contributed by atoms with Gasteiger partial charge in [0.2, 0.25) is 5.91 Å². The molecule has 0 spiro atoms. The molecule has 230 valence electrons. The van der Waals surface area contributed by atoms with Gasteiger partial charge >= 0.3 is 0 Å². The summed E-state index contributed by atoms with van der Waals surface area (Å²) in [6.45, 7) is 3.59. The monoisotopic (exact) mass is 598 g/mol. The van der Waals surface area contributed by atoms with Gasteiger partial charge in [0, 0.05) is 29.1 Å². The number of nitrogens with one attached hydrogen (secondary N) is 3. The molecule has 1 saturated heterocycles. The highest BCUT2D eigenvalue weighted by molar-refractivity contribution is 6.07. The lowest BCUT2D eigenvalue weighted by atomic mass is 9.71. The van der Waals surface area contributed by atoms with Crippen molar-refractivity contribution < 1.29 is 9.59 Å². The number of piperidine rings is 1. The number of aromatic nitrogens is 1. The number of fused-ring (bicyclic) bond motifs is 1. The zero-order valence-corrected chi connectivity index (χ0v) is 25.8. The fourth-order valence-corrected chi connectivity index (χ4v) is 6.91. The van der Waals surface area contributed by atoms with Gasteiger partial charge in [0.1, 0.15) is 0 Å². The quantitative estimate of drug-likeness (QED) is 0.150. The number of nitrogens with zero attached hydrogens (tertiary/aromatic N) is 1. The van der Waals surface area contributed by atoms with E-state index in [2.05, 4.69) is 99.4 Å². The number of para-hydroxylation sites is 1. The Bertz CT molecular complexity index is 1640. The van der Waals surface area contributed by atoms with Crippen LogP contribution in [0.1, 0.15) is 58.6 Å². The molecule has 6 nitrogen and oxygen atoms in total. The Morgan fingerprint density at radius 2 is 1.36 bits per heavy atom. The molecule has 4 aromatic carbocycles. The van der Waals surface area contributed by atoms with Crippen molar-refractivity contribution in [3.63, 3.8) is 0 Å². The molecule has 5 aromatic rings. The van der Waals surface area contributed by atoms with Crippen LogP contribution in [0.25, 0.3) is 10.9 Å². The Morgan fingerprint density at radius 1 is 0.756 bits per heavy atom. The van der Waals surface area contributed by atoms with Crippen molar-refractivity contribution in [3.05, 3.63) is 144 Å². The maximum absolute atomic E-state index is 13.2. The largest absolute Gasteiger partial charge is 0.360 e. The third-order valence-corrected chi connectivity index (χ3v) is 9.42. The van der Waals surface area contributed by atoms with Crippen LogP contribution in [0.4, 0.5) is 0 Å². The highest BCUT2D eigenvalue weighted by atomic mass is 16.2. The number of carbonyl (C=O) groups is 2. The number of benzene rings is 4. The van der Waals surface area contributed by atoms with E-state index in [0.717, 1.165) is 43.4 Å². The maximum atomic E-state index is 13.2. The van der Waals surface area contributed by atoms with Gasteiger partial charge in [-0.05, 0) is 74.0 Å².